The van der Waals surface area contributed by atoms with Gasteiger partial charge in [-0.15, -0.1) is 0 Å². The second-order valence-electron chi connectivity index (χ2n) is 4.68. The number of fused-ring (bicyclic) bond motifs is 1. The van der Waals surface area contributed by atoms with E-state index in [1.165, 1.54) is 4.90 Å². The average Bonchev–Trinajstić information content (AvgIpc) is 2.53. The molecule has 1 amide bonds. The van der Waals surface area contributed by atoms with Crippen LogP contribution in [0.25, 0.3) is 6.08 Å². The maximum absolute atomic E-state index is 12.7. The summed E-state index contributed by atoms with van der Waals surface area (Å²) < 4.78 is 0. The summed E-state index contributed by atoms with van der Waals surface area (Å²) >= 11 is 5.99. The Labute approximate surface area is 127 Å². The van der Waals surface area contributed by atoms with Crippen LogP contribution in [-0.2, 0) is 0 Å². The Hall–Kier alpha value is -2.57. The molecular formula is C17H11ClN2O. The molecule has 0 radical (unpaired) electrons. The summed E-state index contributed by atoms with van der Waals surface area (Å²) in [6.45, 7) is 0. The van der Waals surface area contributed by atoms with E-state index >= 15 is 0 Å². The van der Waals surface area contributed by atoms with Crippen LogP contribution in [0.5, 0.6) is 0 Å². The summed E-state index contributed by atoms with van der Waals surface area (Å²) in [4.78, 5) is 14.2. The van der Waals surface area contributed by atoms with Gasteiger partial charge in [0.2, 0.25) is 0 Å². The first-order valence-corrected chi connectivity index (χ1v) is 6.84. The number of carbonyl (C=O) groups excluding carboxylic acids is 1. The van der Waals surface area contributed by atoms with Crippen molar-refractivity contribution in [3.05, 3.63) is 70.8 Å². The summed E-state index contributed by atoms with van der Waals surface area (Å²) in [5.41, 5.74) is 2.08. The molecular weight excluding hydrogens is 284 g/mol. The molecule has 3 nitrogen and oxygen atoms in total. The Balaban J connectivity index is 2.10. The van der Waals surface area contributed by atoms with E-state index in [0.29, 0.717) is 16.3 Å². The van der Waals surface area contributed by atoms with E-state index in [9.17, 15) is 10.1 Å². The zero-order valence-corrected chi connectivity index (χ0v) is 11.8. The predicted molar refractivity (Wildman–Crippen MR) is 83.1 cm³/mol. The van der Waals surface area contributed by atoms with Gasteiger partial charge in [0.1, 0.15) is 6.04 Å². The molecule has 0 spiro atoms. The molecule has 4 heteroatoms. The first-order chi connectivity index (χ1) is 10.2. The Morgan fingerprint density at radius 3 is 2.67 bits per heavy atom. The highest BCUT2D eigenvalue weighted by molar-refractivity contribution is 6.31. The van der Waals surface area contributed by atoms with Crippen LogP contribution in [0.15, 0.2) is 54.6 Å². The average molecular weight is 295 g/mol. The minimum absolute atomic E-state index is 0.199. The van der Waals surface area contributed by atoms with Crippen molar-refractivity contribution < 1.29 is 4.79 Å². The number of nitrogens with zero attached hydrogens (tertiary/aromatic N) is 2. The minimum atomic E-state index is -0.619. The highest BCUT2D eigenvalue weighted by atomic mass is 35.5. The lowest BCUT2D eigenvalue weighted by molar-refractivity contribution is 0.0985. The Kier molecular flexibility index (Phi) is 3.47. The zero-order chi connectivity index (χ0) is 14.8. The van der Waals surface area contributed by atoms with Gasteiger partial charge >= 0.3 is 0 Å². The van der Waals surface area contributed by atoms with E-state index in [1.54, 1.807) is 48.5 Å². The highest BCUT2D eigenvalue weighted by Crippen LogP contribution is 2.32. The van der Waals surface area contributed by atoms with Crippen LogP contribution in [0.4, 0.5) is 5.69 Å². The molecule has 0 bridgehead atoms. The van der Waals surface area contributed by atoms with E-state index in [1.807, 2.05) is 12.1 Å². The fraction of sp³-hybridized carbons (Fsp3) is 0.0588. The lowest BCUT2D eigenvalue weighted by Crippen LogP contribution is -2.40. The van der Waals surface area contributed by atoms with Gasteiger partial charge in [0.25, 0.3) is 5.91 Å². The van der Waals surface area contributed by atoms with E-state index in [4.69, 9.17) is 11.6 Å². The Morgan fingerprint density at radius 1 is 1.19 bits per heavy atom. The quantitative estimate of drug-likeness (QED) is 0.800. The number of anilines is 1. The number of halogens is 1. The van der Waals surface area contributed by atoms with Crippen molar-refractivity contribution in [1.29, 1.82) is 5.26 Å². The minimum Gasteiger partial charge on any atom is -0.288 e. The van der Waals surface area contributed by atoms with E-state index in [-0.39, 0.29) is 5.91 Å². The maximum atomic E-state index is 12.7. The molecule has 0 aromatic heterocycles. The number of nitriles is 1. The van der Waals surface area contributed by atoms with Gasteiger partial charge in [-0.1, -0.05) is 35.9 Å². The van der Waals surface area contributed by atoms with E-state index in [2.05, 4.69) is 6.07 Å². The fourth-order valence-electron chi connectivity index (χ4n) is 2.37. The first-order valence-electron chi connectivity index (χ1n) is 6.46. The molecule has 0 aliphatic carbocycles. The number of carbonyl (C=O) groups is 1. The lowest BCUT2D eigenvalue weighted by atomic mass is 10.0. The van der Waals surface area contributed by atoms with Gasteiger partial charge in [-0.3, -0.25) is 9.69 Å². The third-order valence-corrected chi connectivity index (χ3v) is 3.59. The van der Waals surface area contributed by atoms with Crippen molar-refractivity contribution >= 4 is 29.3 Å². The molecule has 1 aliphatic rings. The largest absolute Gasteiger partial charge is 0.288 e. The zero-order valence-electron chi connectivity index (χ0n) is 11.0. The summed E-state index contributed by atoms with van der Waals surface area (Å²) in [5.74, 6) is -0.199. The molecule has 102 valence electrons. The van der Waals surface area contributed by atoms with Crippen LogP contribution >= 0.6 is 11.6 Å². The SMILES string of the molecule is N#C[C@H]1C=Cc2cc(Cl)ccc2N1C(=O)c1ccccc1. The smallest absolute Gasteiger partial charge is 0.259 e. The van der Waals surface area contributed by atoms with Gasteiger partial charge in [-0.2, -0.15) is 5.26 Å². The van der Waals surface area contributed by atoms with Crippen molar-refractivity contribution in [3.63, 3.8) is 0 Å². The van der Waals surface area contributed by atoms with Crippen molar-refractivity contribution in [1.82, 2.24) is 0 Å². The Bertz CT molecular complexity index is 762. The molecule has 1 heterocycles. The first kappa shape index (κ1) is 13.4. The summed E-state index contributed by atoms with van der Waals surface area (Å²) in [6, 6.07) is 15.7. The summed E-state index contributed by atoms with van der Waals surface area (Å²) in [5, 5.41) is 9.91. The number of amides is 1. The molecule has 0 saturated heterocycles. The topological polar surface area (TPSA) is 44.1 Å². The fourth-order valence-corrected chi connectivity index (χ4v) is 2.55. The van der Waals surface area contributed by atoms with E-state index in [0.717, 1.165) is 5.56 Å². The second-order valence-corrected chi connectivity index (χ2v) is 5.11. The van der Waals surface area contributed by atoms with Gasteiger partial charge in [0, 0.05) is 10.6 Å². The number of benzene rings is 2. The molecule has 0 fully saturated rings. The van der Waals surface area contributed by atoms with Crippen molar-refractivity contribution in [2.24, 2.45) is 0 Å². The standard InChI is InChI=1S/C17H11ClN2O/c18-14-7-9-16-13(10-14)6-8-15(11-19)20(16)17(21)12-4-2-1-3-5-12/h1-10,15H/t15-/m1/s1. The van der Waals surface area contributed by atoms with Gasteiger partial charge < -0.3 is 0 Å². The molecule has 0 N–H and O–H groups in total. The molecule has 3 rings (SSSR count). The maximum Gasteiger partial charge on any atom is 0.259 e. The molecule has 0 saturated carbocycles. The Morgan fingerprint density at radius 2 is 1.95 bits per heavy atom. The number of hydrogen-bond acceptors (Lipinski definition) is 2. The van der Waals surface area contributed by atoms with E-state index < -0.39 is 6.04 Å². The van der Waals surface area contributed by atoms with Crippen LogP contribution < -0.4 is 4.90 Å². The van der Waals surface area contributed by atoms with Crippen LogP contribution in [0, 0.1) is 11.3 Å². The molecule has 0 unspecified atom stereocenters. The van der Waals surface area contributed by atoms with Crippen LogP contribution in [0.3, 0.4) is 0 Å². The van der Waals surface area contributed by atoms with Crippen LogP contribution in [-0.4, -0.2) is 11.9 Å². The second kappa shape index (κ2) is 5.43. The normalized spacial score (nSPS) is 16.2. The molecule has 2 aromatic carbocycles. The third kappa shape index (κ3) is 2.42. The van der Waals surface area contributed by atoms with Gasteiger partial charge in [0.05, 0.1) is 11.8 Å². The molecule has 1 atom stereocenters. The molecule has 2 aromatic rings. The van der Waals surface area contributed by atoms with Crippen LogP contribution in [0.1, 0.15) is 15.9 Å². The molecule has 1 aliphatic heterocycles. The molecule has 21 heavy (non-hydrogen) atoms. The summed E-state index contributed by atoms with van der Waals surface area (Å²) in [6.07, 6.45) is 3.53. The highest BCUT2D eigenvalue weighted by Gasteiger charge is 2.28. The van der Waals surface area contributed by atoms with Crippen molar-refractivity contribution in [2.45, 2.75) is 6.04 Å². The predicted octanol–water partition coefficient (Wildman–Crippen LogP) is 3.91. The van der Waals surface area contributed by atoms with Gasteiger partial charge in [0.15, 0.2) is 0 Å². The van der Waals surface area contributed by atoms with Gasteiger partial charge in [-0.25, -0.2) is 0 Å². The number of rotatable bonds is 1. The monoisotopic (exact) mass is 294 g/mol. The van der Waals surface area contributed by atoms with Crippen molar-refractivity contribution in [2.75, 3.05) is 4.90 Å². The van der Waals surface area contributed by atoms with Crippen LogP contribution in [0.2, 0.25) is 5.02 Å². The van der Waals surface area contributed by atoms with Crippen molar-refractivity contribution in [3.8, 4) is 6.07 Å². The number of hydrogen-bond donors (Lipinski definition) is 0. The third-order valence-electron chi connectivity index (χ3n) is 3.36. The summed E-state index contributed by atoms with van der Waals surface area (Å²) in [7, 11) is 0. The lowest BCUT2D eigenvalue weighted by Gasteiger charge is -2.30. The van der Waals surface area contributed by atoms with Gasteiger partial charge in [-0.05, 0) is 42.0 Å².